The zero-order valence-electron chi connectivity index (χ0n) is 7.86. The van der Waals surface area contributed by atoms with Crippen LogP contribution in [0, 0.1) is 0 Å². The van der Waals surface area contributed by atoms with Crippen LogP contribution >= 0.6 is 0 Å². The molecule has 1 rings (SSSR count). The summed E-state index contributed by atoms with van der Waals surface area (Å²) in [6.45, 7) is 2.38. The van der Waals surface area contributed by atoms with Gasteiger partial charge in [0.15, 0.2) is 5.76 Å². The lowest BCUT2D eigenvalue weighted by molar-refractivity contribution is 0.0757. The van der Waals surface area contributed by atoms with E-state index in [0.29, 0.717) is 12.3 Å². The first-order chi connectivity index (χ1) is 6.11. The molecule has 0 aliphatic heterocycles. The maximum atomic E-state index is 11.5. The summed E-state index contributed by atoms with van der Waals surface area (Å²) >= 11 is 0. The lowest BCUT2D eigenvalue weighted by Crippen LogP contribution is -2.36. The van der Waals surface area contributed by atoms with E-state index in [1.807, 2.05) is 6.92 Å². The molecule has 0 saturated heterocycles. The van der Waals surface area contributed by atoms with E-state index in [1.165, 1.54) is 6.26 Å². The van der Waals surface area contributed by atoms with E-state index in [2.05, 4.69) is 0 Å². The topological polar surface area (TPSA) is 59.5 Å². The van der Waals surface area contributed by atoms with Crippen LogP contribution in [0.5, 0.6) is 0 Å². The fourth-order valence-corrected chi connectivity index (χ4v) is 1.10. The minimum atomic E-state index is -0.137. The van der Waals surface area contributed by atoms with E-state index in [4.69, 9.17) is 10.2 Å². The highest BCUT2D eigenvalue weighted by Gasteiger charge is 2.14. The number of furan rings is 1. The van der Waals surface area contributed by atoms with Gasteiger partial charge in [0.05, 0.1) is 6.26 Å². The Morgan fingerprint density at radius 2 is 2.46 bits per heavy atom. The molecular formula is C9H14N2O2. The summed E-state index contributed by atoms with van der Waals surface area (Å²) < 4.78 is 4.97. The number of carbonyl (C=O) groups excluding carboxylic acids is 1. The van der Waals surface area contributed by atoms with E-state index in [9.17, 15) is 4.79 Å². The average Bonchev–Trinajstić information content (AvgIpc) is 2.53. The summed E-state index contributed by atoms with van der Waals surface area (Å²) in [6.07, 6.45) is 1.48. The summed E-state index contributed by atoms with van der Waals surface area (Å²) in [6, 6.07) is 3.30. The summed E-state index contributed by atoms with van der Waals surface area (Å²) in [5, 5.41) is 0. The normalized spacial score (nSPS) is 12.5. The van der Waals surface area contributed by atoms with Crippen molar-refractivity contribution in [2.45, 2.75) is 13.0 Å². The van der Waals surface area contributed by atoms with Gasteiger partial charge in [-0.2, -0.15) is 0 Å². The van der Waals surface area contributed by atoms with Gasteiger partial charge < -0.3 is 15.1 Å². The van der Waals surface area contributed by atoms with Crippen molar-refractivity contribution in [2.75, 3.05) is 13.6 Å². The molecular weight excluding hydrogens is 168 g/mol. The average molecular weight is 182 g/mol. The minimum absolute atomic E-state index is 0.0242. The zero-order valence-corrected chi connectivity index (χ0v) is 7.86. The molecule has 4 nitrogen and oxygen atoms in total. The molecule has 1 heterocycles. The maximum Gasteiger partial charge on any atom is 0.289 e. The summed E-state index contributed by atoms with van der Waals surface area (Å²) in [5.41, 5.74) is 5.56. The van der Waals surface area contributed by atoms with Crippen molar-refractivity contribution in [1.82, 2.24) is 4.90 Å². The highest BCUT2D eigenvalue weighted by molar-refractivity contribution is 5.91. The Hall–Kier alpha value is -1.29. The van der Waals surface area contributed by atoms with Crippen LogP contribution < -0.4 is 5.73 Å². The Kier molecular flexibility index (Phi) is 3.08. The lowest BCUT2D eigenvalue weighted by Gasteiger charge is -2.17. The number of rotatable bonds is 3. The van der Waals surface area contributed by atoms with Gasteiger partial charge in [0.25, 0.3) is 5.91 Å². The third-order valence-corrected chi connectivity index (χ3v) is 1.64. The van der Waals surface area contributed by atoms with Crippen molar-refractivity contribution in [3.05, 3.63) is 24.2 Å². The van der Waals surface area contributed by atoms with Gasteiger partial charge >= 0.3 is 0 Å². The Morgan fingerprint density at radius 3 is 2.92 bits per heavy atom. The van der Waals surface area contributed by atoms with Crippen molar-refractivity contribution in [3.8, 4) is 0 Å². The number of likely N-dealkylation sites (N-methyl/N-ethyl adjacent to an activating group) is 1. The van der Waals surface area contributed by atoms with Gasteiger partial charge in [-0.15, -0.1) is 0 Å². The van der Waals surface area contributed by atoms with Crippen LogP contribution in [0.15, 0.2) is 22.8 Å². The monoisotopic (exact) mass is 182 g/mol. The molecule has 4 heteroatoms. The molecule has 13 heavy (non-hydrogen) atoms. The van der Waals surface area contributed by atoms with Gasteiger partial charge in [0, 0.05) is 19.6 Å². The fourth-order valence-electron chi connectivity index (χ4n) is 1.10. The first-order valence-electron chi connectivity index (χ1n) is 4.16. The Bertz CT molecular complexity index is 267. The Labute approximate surface area is 77.3 Å². The van der Waals surface area contributed by atoms with Gasteiger partial charge in [-0.25, -0.2) is 0 Å². The molecule has 2 N–H and O–H groups in total. The first kappa shape index (κ1) is 9.80. The highest BCUT2D eigenvalue weighted by Crippen LogP contribution is 2.03. The molecule has 1 atom stereocenters. The molecule has 72 valence electrons. The predicted molar refractivity (Wildman–Crippen MR) is 49.3 cm³/mol. The van der Waals surface area contributed by atoms with Gasteiger partial charge in [0.2, 0.25) is 0 Å². The van der Waals surface area contributed by atoms with Crippen molar-refractivity contribution < 1.29 is 9.21 Å². The third kappa shape index (κ3) is 2.59. The van der Waals surface area contributed by atoms with E-state index < -0.39 is 0 Å². The van der Waals surface area contributed by atoms with Gasteiger partial charge in [0.1, 0.15) is 0 Å². The molecule has 1 unspecified atom stereocenters. The number of nitrogens with zero attached hydrogens (tertiary/aromatic N) is 1. The molecule has 1 aromatic rings. The Balaban J connectivity index is 2.58. The molecule has 0 spiro atoms. The quantitative estimate of drug-likeness (QED) is 0.748. The molecule has 1 aromatic heterocycles. The second-order valence-electron chi connectivity index (χ2n) is 3.14. The second kappa shape index (κ2) is 4.09. The van der Waals surface area contributed by atoms with E-state index in [0.717, 1.165) is 0 Å². The number of hydrogen-bond acceptors (Lipinski definition) is 3. The van der Waals surface area contributed by atoms with Crippen molar-refractivity contribution in [1.29, 1.82) is 0 Å². The summed E-state index contributed by atoms with van der Waals surface area (Å²) in [7, 11) is 1.70. The van der Waals surface area contributed by atoms with Crippen molar-refractivity contribution in [3.63, 3.8) is 0 Å². The standard InChI is InChI=1S/C9H14N2O2/c1-7(10)6-11(2)9(12)8-4-3-5-13-8/h3-5,7H,6,10H2,1-2H3. The minimum Gasteiger partial charge on any atom is -0.459 e. The van der Waals surface area contributed by atoms with Gasteiger partial charge in [-0.1, -0.05) is 0 Å². The molecule has 0 aliphatic rings. The second-order valence-corrected chi connectivity index (χ2v) is 3.14. The molecule has 0 aliphatic carbocycles. The number of nitrogens with two attached hydrogens (primary N) is 1. The van der Waals surface area contributed by atoms with Crippen LogP contribution in [0.2, 0.25) is 0 Å². The van der Waals surface area contributed by atoms with Crippen LogP contribution in [0.25, 0.3) is 0 Å². The van der Waals surface area contributed by atoms with E-state index >= 15 is 0 Å². The molecule has 0 bridgehead atoms. The molecule has 0 aromatic carbocycles. The Morgan fingerprint density at radius 1 is 1.77 bits per heavy atom. The van der Waals surface area contributed by atoms with Gasteiger partial charge in [-0.05, 0) is 19.1 Å². The molecule has 1 amide bonds. The molecule has 0 radical (unpaired) electrons. The third-order valence-electron chi connectivity index (χ3n) is 1.64. The molecule has 0 fully saturated rings. The largest absolute Gasteiger partial charge is 0.459 e. The molecule has 0 saturated carbocycles. The smallest absolute Gasteiger partial charge is 0.289 e. The van der Waals surface area contributed by atoms with Gasteiger partial charge in [-0.3, -0.25) is 4.79 Å². The van der Waals surface area contributed by atoms with Crippen LogP contribution in [-0.4, -0.2) is 30.4 Å². The number of amides is 1. The fraction of sp³-hybridized carbons (Fsp3) is 0.444. The van der Waals surface area contributed by atoms with Crippen LogP contribution in [0.1, 0.15) is 17.5 Å². The summed E-state index contributed by atoms with van der Waals surface area (Å²) in [4.78, 5) is 13.1. The van der Waals surface area contributed by atoms with Crippen LogP contribution in [0.4, 0.5) is 0 Å². The first-order valence-corrected chi connectivity index (χ1v) is 4.16. The van der Waals surface area contributed by atoms with E-state index in [1.54, 1.807) is 24.1 Å². The van der Waals surface area contributed by atoms with E-state index in [-0.39, 0.29) is 11.9 Å². The van der Waals surface area contributed by atoms with Crippen molar-refractivity contribution >= 4 is 5.91 Å². The zero-order chi connectivity index (χ0) is 9.84. The van der Waals surface area contributed by atoms with Crippen LogP contribution in [0.3, 0.4) is 0 Å². The summed E-state index contributed by atoms with van der Waals surface area (Å²) in [5.74, 6) is 0.213. The van der Waals surface area contributed by atoms with Crippen molar-refractivity contribution in [2.24, 2.45) is 5.73 Å². The highest BCUT2D eigenvalue weighted by atomic mass is 16.3. The predicted octanol–water partition coefficient (Wildman–Crippen LogP) is 0.699. The van der Waals surface area contributed by atoms with Crippen LogP contribution in [-0.2, 0) is 0 Å². The number of carbonyl (C=O) groups is 1. The maximum absolute atomic E-state index is 11.5. The number of hydrogen-bond donors (Lipinski definition) is 1. The lowest BCUT2D eigenvalue weighted by atomic mass is 10.3. The SMILES string of the molecule is CC(N)CN(C)C(=O)c1ccco1.